The largest absolute Gasteiger partial charge is 0.319 e. The van der Waals surface area contributed by atoms with Gasteiger partial charge >= 0.3 is 0 Å². The fourth-order valence-electron chi connectivity index (χ4n) is 3.27. The van der Waals surface area contributed by atoms with Crippen LogP contribution >= 0.6 is 0 Å². The fraction of sp³-hybridized carbons (Fsp3) is 1.00. The van der Waals surface area contributed by atoms with Crippen LogP contribution in [0.1, 0.15) is 38.5 Å². The SMILES string of the molecule is CNCCS(=O)(=O)N1CCCC1C1CCCC1. The van der Waals surface area contributed by atoms with Gasteiger partial charge in [0.25, 0.3) is 0 Å². The van der Waals surface area contributed by atoms with Gasteiger partial charge in [0.1, 0.15) is 0 Å². The van der Waals surface area contributed by atoms with Gasteiger partial charge < -0.3 is 5.32 Å². The highest BCUT2D eigenvalue weighted by atomic mass is 32.2. The van der Waals surface area contributed by atoms with Crippen molar-refractivity contribution in [2.75, 3.05) is 25.9 Å². The highest BCUT2D eigenvalue weighted by Gasteiger charge is 2.39. The summed E-state index contributed by atoms with van der Waals surface area (Å²) in [6.07, 6.45) is 7.13. The van der Waals surface area contributed by atoms with Crippen molar-refractivity contribution in [3.05, 3.63) is 0 Å². The number of sulfonamides is 1. The first-order valence-corrected chi connectivity index (χ1v) is 8.40. The first-order chi connectivity index (χ1) is 8.15. The van der Waals surface area contributed by atoms with E-state index in [1.54, 1.807) is 11.4 Å². The van der Waals surface area contributed by atoms with Gasteiger partial charge in [-0.2, -0.15) is 4.31 Å². The molecule has 1 N–H and O–H groups in total. The Hall–Kier alpha value is -0.130. The Morgan fingerprint density at radius 3 is 2.53 bits per heavy atom. The summed E-state index contributed by atoms with van der Waals surface area (Å²) in [5, 5.41) is 2.93. The van der Waals surface area contributed by atoms with Crippen LogP contribution in [0.3, 0.4) is 0 Å². The van der Waals surface area contributed by atoms with E-state index in [1.807, 2.05) is 0 Å². The summed E-state index contributed by atoms with van der Waals surface area (Å²) in [5.41, 5.74) is 0. The van der Waals surface area contributed by atoms with E-state index >= 15 is 0 Å². The molecule has 2 fully saturated rings. The van der Waals surface area contributed by atoms with Crippen LogP contribution in [0.4, 0.5) is 0 Å². The van der Waals surface area contributed by atoms with Gasteiger partial charge in [0.05, 0.1) is 5.75 Å². The second kappa shape index (κ2) is 5.67. The van der Waals surface area contributed by atoms with E-state index in [0.29, 0.717) is 18.5 Å². The Kier molecular flexibility index (Phi) is 4.44. The molecule has 1 saturated carbocycles. The minimum absolute atomic E-state index is 0.243. The van der Waals surface area contributed by atoms with Crippen LogP contribution in [0.5, 0.6) is 0 Å². The number of hydrogen-bond acceptors (Lipinski definition) is 3. The summed E-state index contributed by atoms with van der Waals surface area (Å²) in [4.78, 5) is 0. The summed E-state index contributed by atoms with van der Waals surface area (Å²) in [5.74, 6) is 0.870. The van der Waals surface area contributed by atoms with Crippen LogP contribution in [0, 0.1) is 5.92 Å². The summed E-state index contributed by atoms with van der Waals surface area (Å²) < 4.78 is 26.3. The van der Waals surface area contributed by atoms with Crippen molar-refractivity contribution < 1.29 is 8.42 Å². The quantitative estimate of drug-likeness (QED) is 0.808. The zero-order valence-corrected chi connectivity index (χ0v) is 11.5. The van der Waals surface area contributed by atoms with Crippen LogP contribution in [0.15, 0.2) is 0 Å². The molecule has 0 spiro atoms. The molecule has 0 radical (unpaired) electrons. The number of rotatable bonds is 5. The van der Waals surface area contributed by atoms with Gasteiger partial charge in [-0.15, -0.1) is 0 Å². The van der Waals surface area contributed by atoms with Crippen LogP contribution in [-0.2, 0) is 10.0 Å². The third kappa shape index (κ3) is 3.01. The van der Waals surface area contributed by atoms with Crippen molar-refractivity contribution in [1.29, 1.82) is 0 Å². The molecular weight excluding hydrogens is 236 g/mol. The lowest BCUT2D eigenvalue weighted by Gasteiger charge is -2.28. The maximum Gasteiger partial charge on any atom is 0.215 e. The van der Waals surface area contributed by atoms with Crippen molar-refractivity contribution in [3.63, 3.8) is 0 Å². The molecular formula is C12H24N2O2S. The molecule has 0 bridgehead atoms. The van der Waals surface area contributed by atoms with E-state index in [-0.39, 0.29) is 5.75 Å². The van der Waals surface area contributed by atoms with Crippen molar-refractivity contribution in [2.45, 2.75) is 44.6 Å². The normalized spacial score (nSPS) is 27.9. The maximum absolute atomic E-state index is 12.2. The third-order valence-corrected chi connectivity index (χ3v) is 6.05. The molecule has 0 amide bonds. The average molecular weight is 260 g/mol. The number of hydrogen-bond donors (Lipinski definition) is 1. The molecule has 2 aliphatic rings. The third-order valence-electron chi connectivity index (χ3n) is 4.16. The monoisotopic (exact) mass is 260 g/mol. The van der Waals surface area contributed by atoms with Gasteiger partial charge in [-0.1, -0.05) is 12.8 Å². The van der Waals surface area contributed by atoms with Gasteiger partial charge in [0.15, 0.2) is 0 Å². The van der Waals surface area contributed by atoms with Crippen molar-refractivity contribution in [1.82, 2.24) is 9.62 Å². The molecule has 1 aliphatic carbocycles. The summed E-state index contributed by atoms with van der Waals surface area (Å²) in [6, 6.07) is 0.305. The first-order valence-electron chi connectivity index (χ1n) is 6.79. The van der Waals surface area contributed by atoms with Crippen molar-refractivity contribution in [2.24, 2.45) is 5.92 Å². The molecule has 17 heavy (non-hydrogen) atoms. The molecule has 1 aliphatic heterocycles. The Balaban J connectivity index is 2.03. The molecule has 5 heteroatoms. The molecule has 1 unspecified atom stereocenters. The highest BCUT2D eigenvalue weighted by Crippen LogP contribution is 2.36. The molecule has 2 rings (SSSR count). The molecule has 1 atom stereocenters. The van der Waals surface area contributed by atoms with E-state index in [4.69, 9.17) is 0 Å². The molecule has 4 nitrogen and oxygen atoms in total. The number of nitrogens with one attached hydrogen (secondary N) is 1. The zero-order chi connectivity index (χ0) is 12.3. The lowest BCUT2D eigenvalue weighted by molar-refractivity contribution is 0.288. The van der Waals surface area contributed by atoms with Crippen LogP contribution in [-0.4, -0.2) is 44.7 Å². The van der Waals surface area contributed by atoms with E-state index in [0.717, 1.165) is 19.4 Å². The zero-order valence-electron chi connectivity index (χ0n) is 10.7. The van der Waals surface area contributed by atoms with Crippen LogP contribution in [0.25, 0.3) is 0 Å². The summed E-state index contributed by atoms with van der Waals surface area (Å²) in [6.45, 7) is 1.30. The fourth-order valence-corrected chi connectivity index (χ4v) is 5.07. The molecule has 0 aromatic rings. The predicted octanol–water partition coefficient (Wildman–Crippen LogP) is 1.19. The minimum atomic E-state index is -3.04. The molecule has 1 heterocycles. The Bertz CT molecular complexity index is 336. The second-order valence-electron chi connectivity index (χ2n) is 5.28. The summed E-state index contributed by atoms with van der Waals surface area (Å²) >= 11 is 0. The topological polar surface area (TPSA) is 49.4 Å². The van der Waals surface area contributed by atoms with Gasteiger partial charge in [0.2, 0.25) is 10.0 Å². The molecule has 100 valence electrons. The Morgan fingerprint density at radius 1 is 1.18 bits per heavy atom. The Morgan fingerprint density at radius 2 is 1.88 bits per heavy atom. The van der Waals surface area contributed by atoms with Crippen molar-refractivity contribution in [3.8, 4) is 0 Å². The molecule has 1 saturated heterocycles. The predicted molar refractivity (Wildman–Crippen MR) is 69.4 cm³/mol. The molecule has 0 aromatic heterocycles. The molecule has 0 aromatic carbocycles. The van der Waals surface area contributed by atoms with E-state index < -0.39 is 10.0 Å². The van der Waals surface area contributed by atoms with Gasteiger partial charge in [-0.05, 0) is 38.6 Å². The van der Waals surface area contributed by atoms with E-state index in [9.17, 15) is 8.42 Å². The van der Waals surface area contributed by atoms with Gasteiger partial charge in [-0.3, -0.25) is 0 Å². The second-order valence-corrected chi connectivity index (χ2v) is 7.33. The first kappa shape index (κ1) is 13.3. The number of nitrogens with zero attached hydrogens (tertiary/aromatic N) is 1. The highest BCUT2D eigenvalue weighted by molar-refractivity contribution is 7.89. The van der Waals surface area contributed by atoms with E-state index in [2.05, 4.69) is 5.32 Å². The smallest absolute Gasteiger partial charge is 0.215 e. The van der Waals surface area contributed by atoms with Crippen molar-refractivity contribution >= 4 is 10.0 Å². The lowest BCUT2D eigenvalue weighted by atomic mass is 9.97. The van der Waals surface area contributed by atoms with Gasteiger partial charge in [-0.25, -0.2) is 8.42 Å². The average Bonchev–Trinajstić information content (AvgIpc) is 2.95. The minimum Gasteiger partial charge on any atom is -0.319 e. The summed E-state index contributed by atoms with van der Waals surface area (Å²) in [7, 11) is -1.24. The van der Waals surface area contributed by atoms with Gasteiger partial charge in [0, 0.05) is 19.1 Å². The standard InChI is InChI=1S/C12H24N2O2S/c1-13-8-10-17(15,16)14-9-4-7-12(14)11-5-2-3-6-11/h11-13H,2-10H2,1H3. The maximum atomic E-state index is 12.2. The van der Waals surface area contributed by atoms with Crippen LogP contribution in [0.2, 0.25) is 0 Å². The lowest BCUT2D eigenvalue weighted by Crippen LogP contribution is -2.42. The Labute approximate surface area is 105 Å². The van der Waals surface area contributed by atoms with E-state index in [1.165, 1.54) is 25.7 Å². The van der Waals surface area contributed by atoms with Crippen LogP contribution < -0.4 is 5.32 Å².